The Morgan fingerprint density at radius 1 is 1.19 bits per heavy atom. The van der Waals surface area contributed by atoms with Gasteiger partial charge in [0.2, 0.25) is 0 Å². The third-order valence-corrected chi connectivity index (χ3v) is 4.74. The van der Waals surface area contributed by atoms with Gasteiger partial charge in [0.15, 0.2) is 0 Å². The van der Waals surface area contributed by atoms with E-state index in [2.05, 4.69) is 18.7 Å². The lowest BCUT2D eigenvalue weighted by Gasteiger charge is -2.37. The first-order valence-electron chi connectivity index (χ1n) is 7.05. The molecule has 0 spiro atoms. The summed E-state index contributed by atoms with van der Waals surface area (Å²) in [5.74, 6) is 0.815. The van der Waals surface area contributed by atoms with Crippen molar-refractivity contribution in [2.75, 3.05) is 19.6 Å². The molecule has 2 heteroatoms. The highest BCUT2D eigenvalue weighted by Gasteiger charge is 2.27. The molecule has 2 N–H and O–H groups in total. The molecular formula is C14H28N2. The van der Waals surface area contributed by atoms with Crippen molar-refractivity contribution in [3.05, 3.63) is 0 Å². The second-order valence-electron chi connectivity index (χ2n) is 6.65. The first-order chi connectivity index (χ1) is 7.57. The fourth-order valence-electron chi connectivity index (χ4n) is 3.15. The highest BCUT2D eigenvalue weighted by molar-refractivity contribution is 4.83. The number of nitrogens with two attached hydrogens (primary N) is 1. The summed E-state index contributed by atoms with van der Waals surface area (Å²) < 4.78 is 0. The standard InChI is InChI=1S/C14H28N2/c1-14(2)7-10-16(11-8-14)9-6-12-4-3-5-13(12)15/h12-13H,3-11,15H2,1-2H3. The summed E-state index contributed by atoms with van der Waals surface area (Å²) >= 11 is 0. The van der Waals surface area contributed by atoms with Crippen molar-refractivity contribution in [1.29, 1.82) is 0 Å². The summed E-state index contributed by atoms with van der Waals surface area (Å²) in [4.78, 5) is 2.65. The molecule has 1 aliphatic heterocycles. The normalized spacial score (nSPS) is 35.4. The fraction of sp³-hybridized carbons (Fsp3) is 1.00. The van der Waals surface area contributed by atoms with E-state index < -0.39 is 0 Å². The highest BCUT2D eigenvalue weighted by atomic mass is 15.1. The van der Waals surface area contributed by atoms with Crippen molar-refractivity contribution in [3.8, 4) is 0 Å². The topological polar surface area (TPSA) is 29.3 Å². The second-order valence-corrected chi connectivity index (χ2v) is 6.65. The monoisotopic (exact) mass is 224 g/mol. The van der Waals surface area contributed by atoms with Crippen molar-refractivity contribution in [3.63, 3.8) is 0 Å². The molecule has 0 amide bonds. The zero-order valence-corrected chi connectivity index (χ0v) is 11.0. The smallest absolute Gasteiger partial charge is 0.00676 e. The predicted molar refractivity (Wildman–Crippen MR) is 69.4 cm³/mol. The molecule has 2 aliphatic rings. The summed E-state index contributed by atoms with van der Waals surface area (Å²) in [6.07, 6.45) is 8.06. The van der Waals surface area contributed by atoms with Gasteiger partial charge in [-0.1, -0.05) is 20.3 Å². The summed E-state index contributed by atoms with van der Waals surface area (Å²) in [5.41, 5.74) is 6.70. The largest absolute Gasteiger partial charge is 0.327 e. The Balaban J connectivity index is 1.67. The van der Waals surface area contributed by atoms with Gasteiger partial charge in [-0.3, -0.25) is 0 Å². The highest BCUT2D eigenvalue weighted by Crippen LogP contribution is 2.31. The molecule has 2 fully saturated rings. The lowest BCUT2D eigenvalue weighted by Crippen LogP contribution is -2.39. The van der Waals surface area contributed by atoms with Crippen LogP contribution in [-0.2, 0) is 0 Å². The predicted octanol–water partition coefficient (Wildman–Crippen LogP) is 2.63. The van der Waals surface area contributed by atoms with Crippen LogP contribution in [0, 0.1) is 11.3 Å². The van der Waals surface area contributed by atoms with Gasteiger partial charge >= 0.3 is 0 Å². The van der Waals surface area contributed by atoms with E-state index in [1.807, 2.05) is 0 Å². The maximum atomic E-state index is 6.12. The van der Waals surface area contributed by atoms with Gasteiger partial charge in [-0.2, -0.15) is 0 Å². The molecule has 0 aromatic carbocycles. The van der Waals surface area contributed by atoms with Crippen LogP contribution in [0.15, 0.2) is 0 Å². The summed E-state index contributed by atoms with van der Waals surface area (Å²) in [6.45, 7) is 8.69. The molecule has 1 saturated carbocycles. The Kier molecular flexibility index (Phi) is 3.91. The summed E-state index contributed by atoms with van der Waals surface area (Å²) in [5, 5.41) is 0. The Labute approximate surface area is 101 Å². The molecule has 2 rings (SSSR count). The van der Waals surface area contributed by atoms with E-state index in [9.17, 15) is 0 Å². The quantitative estimate of drug-likeness (QED) is 0.798. The molecular weight excluding hydrogens is 196 g/mol. The van der Waals surface area contributed by atoms with Crippen LogP contribution in [0.2, 0.25) is 0 Å². The molecule has 1 saturated heterocycles. The van der Waals surface area contributed by atoms with Crippen molar-refractivity contribution < 1.29 is 0 Å². The van der Waals surface area contributed by atoms with Crippen molar-refractivity contribution in [2.24, 2.45) is 17.1 Å². The zero-order chi connectivity index (χ0) is 11.6. The van der Waals surface area contributed by atoms with Crippen LogP contribution in [0.5, 0.6) is 0 Å². The van der Waals surface area contributed by atoms with E-state index >= 15 is 0 Å². The van der Waals surface area contributed by atoms with Crippen molar-refractivity contribution in [2.45, 2.75) is 58.4 Å². The number of likely N-dealkylation sites (tertiary alicyclic amines) is 1. The molecule has 0 aromatic rings. The Morgan fingerprint density at radius 3 is 2.44 bits per heavy atom. The van der Waals surface area contributed by atoms with Crippen LogP contribution in [0.1, 0.15) is 52.4 Å². The van der Waals surface area contributed by atoms with Gasteiger partial charge in [-0.15, -0.1) is 0 Å². The van der Waals surface area contributed by atoms with Crippen molar-refractivity contribution >= 4 is 0 Å². The molecule has 0 bridgehead atoms. The number of rotatable bonds is 3. The van der Waals surface area contributed by atoms with Gasteiger partial charge < -0.3 is 10.6 Å². The molecule has 2 atom stereocenters. The minimum Gasteiger partial charge on any atom is -0.327 e. The molecule has 0 radical (unpaired) electrons. The third-order valence-electron chi connectivity index (χ3n) is 4.74. The minimum absolute atomic E-state index is 0.501. The number of hydrogen-bond donors (Lipinski definition) is 1. The Morgan fingerprint density at radius 2 is 1.88 bits per heavy atom. The fourth-order valence-corrected chi connectivity index (χ4v) is 3.15. The average molecular weight is 224 g/mol. The van der Waals surface area contributed by atoms with Gasteiger partial charge in [0.25, 0.3) is 0 Å². The lowest BCUT2D eigenvalue weighted by atomic mass is 9.82. The zero-order valence-electron chi connectivity index (χ0n) is 11.0. The number of nitrogens with zero attached hydrogens (tertiary/aromatic N) is 1. The first-order valence-corrected chi connectivity index (χ1v) is 7.05. The van der Waals surface area contributed by atoms with Crippen molar-refractivity contribution in [1.82, 2.24) is 4.90 Å². The molecule has 94 valence electrons. The van der Waals surface area contributed by atoms with Crippen LogP contribution >= 0.6 is 0 Å². The van der Waals surface area contributed by atoms with Crippen LogP contribution < -0.4 is 5.73 Å². The summed E-state index contributed by atoms with van der Waals surface area (Å²) in [7, 11) is 0. The SMILES string of the molecule is CC1(C)CCN(CCC2CCCC2N)CC1. The van der Waals surface area contributed by atoms with Gasteiger partial charge in [-0.25, -0.2) is 0 Å². The Bertz CT molecular complexity index is 215. The van der Waals surface area contributed by atoms with Gasteiger partial charge in [0, 0.05) is 6.04 Å². The maximum Gasteiger partial charge on any atom is 0.00676 e. The molecule has 0 aromatic heterocycles. The van der Waals surface area contributed by atoms with E-state index in [4.69, 9.17) is 5.73 Å². The summed E-state index contributed by atoms with van der Waals surface area (Å²) in [6, 6.07) is 0.501. The van der Waals surface area contributed by atoms with E-state index in [0.717, 1.165) is 5.92 Å². The van der Waals surface area contributed by atoms with Gasteiger partial charge in [0.05, 0.1) is 0 Å². The van der Waals surface area contributed by atoms with Crippen LogP contribution in [0.25, 0.3) is 0 Å². The molecule has 2 unspecified atom stereocenters. The number of piperidine rings is 1. The first kappa shape index (κ1) is 12.4. The lowest BCUT2D eigenvalue weighted by molar-refractivity contribution is 0.126. The van der Waals surface area contributed by atoms with Crippen LogP contribution in [-0.4, -0.2) is 30.6 Å². The van der Waals surface area contributed by atoms with Gasteiger partial charge in [0.1, 0.15) is 0 Å². The maximum absolute atomic E-state index is 6.12. The molecule has 1 aliphatic carbocycles. The minimum atomic E-state index is 0.501. The third kappa shape index (κ3) is 3.21. The Hall–Kier alpha value is -0.0800. The van der Waals surface area contributed by atoms with E-state index in [0.29, 0.717) is 11.5 Å². The van der Waals surface area contributed by atoms with Crippen LogP contribution in [0.4, 0.5) is 0 Å². The van der Waals surface area contributed by atoms with E-state index in [1.165, 1.54) is 58.2 Å². The van der Waals surface area contributed by atoms with E-state index in [1.54, 1.807) is 0 Å². The van der Waals surface area contributed by atoms with E-state index in [-0.39, 0.29) is 0 Å². The molecule has 16 heavy (non-hydrogen) atoms. The van der Waals surface area contributed by atoms with Gasteiger partial charge in [-0.05, 0) is 63.1 Å². The average Bonchev–Trinajstić information content (AvgIpc) is 2.63. The molecule has 2 nitrogen and oxygen atoms in total. The second kappa shape index (κ2) is 5.05. The molecule has 1 heterocycles. The number of hydrogen-bond acceptors (Lipinski definition) is 2. The van der Waals surface area contributed by atoms with Crippen LogP contribution in [0.3, 0.4) is 0 Å².